The van der Waals surface area contributed by atoms with Crippen molar-refractivity contribution >= 4 is 110 Å². The highest BCUT2D eigenvalue weighted by atomic mass is 15.2. The lowest BCUT2D eigenvalue weighted by atomic mass is 9.86. The molecule has 4 heteroatoms. The number of para-hydroxylation sites is 2. The van der Waals surface area contributed by atoms with E-state index in [-0.39, 0.29) is 161 Å². The van der Waals surface area contributed by atoms with Gasteiger partial charge in [0, 0.05) is 65.8 Å². The summed E-state index contributed by atoms with van der Waals surface area (Å²) in [5.41, 5.74) is 5.11. The molecule has 4 aromatic heterocycles. The van der Waals surface area contributed by atoms with Gasteiger partial charge in [0.2, 0.25) is 0 Å². The van der Waals surface area contributed by atoms with Crippen molar-refractivity contribution in [1.29, 1.82) is 0 Å². The molecule has 72 heavy (non-hydrogen) atoms. The molecule has 0 aliphatic rings. The SMILES string of the molecule is [2H]c1c([2H])c2c3c([2H])c4c(c([2H])c3n3c5c([2H])c([2H])c(C(C)(C)C)c([2H])c5c(c1N(c1ccccc1)c1ccc(C(C)C)cc1)c23)c1c([2H])c([2H])c(N(c2ccccc2)c2ccc(C(C)C)cc2)c2c3c([2H])c(C(C)(C)C)c([2H])c([2H])c3n4c12. The number of benzene rings is 9. The molecule has 0 radical (unpaired) electrons. The first kappa shape index (κ1) is 32.9. The molecular formula is C68H62N4. The van der Waals surface area contributed by atoms with Gasteiger partial charge in [-0.3, -0.25) is 0 Å². The van der Waals surface area contributed by atoms with Crippen LogP contribution in [-0.4, -0.2) is 8.80 Å². The summed E-state index contributed by atoms with van der Waals surface area (Å²) >= 11 is 0. The third-order valence-corrected chi connectivity index (χ3v) is 14.5. The van der Waals surface area contributed by atoms with Crippen LogP contribution in [0.2, 0.25) is 0 Å². The lowest BCUT2D eigenvalue weighted by molar-refractivity contribution is 0.591. The largest absolute Gasteiger partial charge is 0.310 e. The van der Waals surface area contributed by atoms with Gasteiger partial charge < -0.3 is 18.6 Å². The van der Waals surface area contributed by atoms with Crippen LogP contribution in [-0.2, 0) is 10.8 Å². The summed E-state index contributed by atoms with van der Waals surface area (Å²) < 4.78 is 126. The zero-order valence-corrected chi connectivity index (χ0v) is 42.3. The average Bonchev–Trinajstić information content (AvgIpc) is 1.53. The molecule has 0 bridgehead atoms. The van der Waals surface area contributed by atoms with Crippen molar-refractivity contribution in [2.45, 2.75) is 91.9 Å². The van der Waals surface area contributed by atoms with E-state index in [2.05, 4.69) is 27.7 Å². The summed E-state index contributed by atoms with van der Waals surface area (Å²) in [7, 11) is 0. The topological polar surface area (TPSA) is 15.3 Å². The molecule has 0 amide bonds. The van der Waals surface area contributed by atoms with Gasteiger partial charge in [0.15, 0.2) is 0 Å². The van der Waals surface area contributed by atoms with E-state index < -0.39 is 10.8 Å². The monoisotopic (exact) mass is 947 g/mol. The molecule has 0 unspecified atom stereocenters. The van der Waals surface area contributed by atoms with Crippen LogP contribution >= 0.6 is 0 Å². The van der Waals surface area contributed by atoms with Crippen LogP contribution in [0.5, 0.6) is 0 Å². The lowest BCUT2D eigenvalue weighted by Gasteiger charge is -2.27. The Labute approximate surface area is 439 Å². The van der Waals surface area contributed by atoms with Crippen molar-refractivity contribution in [3.05, 3.63) is 204 Å². The molecule has 13 aromatic rings. The molecule has 4 heterocycles. The Kier molecular flexibility index (Phi) is 7.25. The normalized spacial score (nSPS) is 15.2. The van der Waals surface area contributed by atoms with Gasteiger partial charge in [-0.25, -0.2) is 0 Å². The van der Waals surface area contributed by atoms with E-state index >= 15 is 0 Å². The molecular weight excluding hydrogens is 873 g/mol. The molecule has 0 atom stereocenters. The van der Waals surface area contributed by atoms with Crippen LogP contribution in [0.15, 0.2) is 182 Å². The molecule has 13 rings (SSSR count). The highest BCUT2D eigenvalue weighted by molar-refractivity contribution is 6.32. The Balaban J connectivity index is 1.29. The first-order valence-corrected chi connectivity index (χ1v) is 25.0. The van der Waals surface area contributed by atoms with Gasteiger partial charge in [-0.1, -0.05) is 154 Å². The molecule has 0 aliphatic heterocycles. The van der Waals surface area contributed by atoms with Gasteiger partial charge in [-0.05, 0) is 142 Å². The number of aromatic nitrogens is 2. The van der Waals surface area contributed by atoms with E-state index in [9.17, 15) is 16.4 Å². The Morgan fingerprint density at radius 1 is 0.375 bits per heavy atom. The first-order valence-electron chi connectivity index (χ1n) is 31.0. The molecule has 0 fully saturated rings. The minimum atomic E-state index is -0.805. The van der Waals surface area contributed by atoms with Gasteiger partial charge in [0.05, 0.1) is 60.9 Å². The summed E-state index contributed by atoms with van der Waals surface area (Å²) in [5, 5.41) is 1.51. The van der Waals surface area contributed by atoms with Crippen molar-refractivity contribution in [2.75, 3.05) is 9.80 Å². The van der Waals surface area contributed by atoms with Gasteiger partial charge in [-0.15, -0.1) is 0 Å². The van der Waals surface area contributed by atoms with Crippen molar-refractivity contribution in [3.8, 4) is 0 Å². The molecule has 0 spiro atoms. The number of hydrogen-bond donors (Lipinski definition) is 0. The highest BCUT2D eigenvalue weighted by Crippen LogP contribution is 2.52. The maximum absolute atomic E-state index is 10.8. The molecule has 0 saturated carbocycles. The van der Waals surface area contributed by atoms with E-state index in [0.717, 1.165) is 11.1 Å². The quantitative estimate of drug-likeness (QED) is 0.151. The average molecular weight is 947 g/mol. The van der Waals surface area contributed by atoms with E-state index in [4.69, 9.17) is 0 Å². The minimum Gasteiger partial charge on any atom is -0.310 e. The maximum atomic E-state index is 10.8. The van der Waals surface area contributed by atoms with E-state index in [1.54, 1.807) is 8.80 Å². The number of hydrogen-bond acceptors (Lipinski definition) is 2. The summed E-state index contributed by atoms with van der Waals surface area (Å²) in [6.45, 7) is 19.8. The molecule has 0 N–H and O–H groups in total. The third kappa shape index (κ3) is 6.57. The second kappa shape index (κ2) is 15.8. The number of fused-ring (bicyclic) bond motifs is 12. The zero-order valence-electron chi connectivity index (χ0n) is 54.3. The van der Waals surface area contributed by atoms with Crippen LogP contribution in [0.25, 0.3) is 76.2 Å². The van der Waals surface area contributed by atoms with Crippen LogP contribution in [0.3, 0.4) is 0 Å². The Bertz CT molecular complexity index is 4610. The third-order valence-electron chi connectivity index (χ3n) is 14.5. The predicted molar refractivity (Wildman–Crippen MR) is 311 cm³/mol. The molecule has 9 aromatic carbocycles. The number of nitrogens with zero attached hydrogens (tertiary/aromatic N) is 4. The van der Waals surface area contributed by atoms with Crippen molar-refractivity contribution < 1.29 is 16.4 Å². The molecule has 0 saturated heterocycles. The van der Waals surface area contributed by atoms with Gasteiger partial charge in [0.1, 0.15) is 0 Å². The Morgan fingerprint density at radius 3 is 1.08 bits per heavy atom. The van der Waals surface area contributed by atoms with Crippen LogP contribution in [0.1, 0.15) is 120 Å². The van der Waals surface area contributed by atoms with E-state index in [1.165, 1.54) is 0 Å². The van der Waals surface area contributed by atoms with Crippen LogP contribution in [0.4, 0.5) is 34.1 Å². The highest BCUT2D eigenvalue weighted by Gasteiger charge is 2.29. The summed E-state index contributed by atoms with van der Waals surface area (Å²) in [5.74, 6) is 0.426. The predicted octanol–water partition coefficient (Wildman–Crippen LogP) is 19.8. The van der Waals surface area contributed by atoms with E-state index in [1.807, 2.05) is 161 Å². The Morgan fingerprint density at radius 2 is 0.736 bits per heavy atom. The van der Waals surface area contributed by atoms with Gasteiger partial charge >= 0.3 is 0 Å². The molecule has 4 nitrogen and oxygen atoms in total. The summed E-state index contributed by atoms with van der Waals surface area (Å²) in [6, 6.07) is 32.4. The second-order valence-corrected chi connectivity index (χ2v) is 22.0. The van der Waals surface area contributed by atoms with Crippen molar-refractivity contribution in [2.24, 2.45) is 0 Å². The fourth-order valence-corrected chi connectivity index (χ4v) is 10.7. The van der Waals surface area contributed by atoms with Gasteiger partial charge in [-0.2, -0.15) is 0 Å². The second-order valence-electron chi connectivity index (χ2n) is 22.0. The maximum Gasteiger partial charge on any atom is 0.0653 e. The van der Waals surface area contributed by atoms with Crippen LogP contribution in [0, 0.1) is 0 Å². The standard InChI is InChI=1S/C68H62N4/c1-41(2)43-21-27-49(28-22-43)69(47-17-13-11-14-18-47)59-35-31-51-53-39-62-54(40-61(53)71-57-33-25-45(67(5,6)7)37-55(57)63(59)65(51)71)52-32-36-60(64-56-38-46(68(8,9)10)26-34-58(56)72(62)66(52)64)70(48-19-15-12-16-20-48)50-29-23-44(24-30-50)42(3)4/h11-42H,1-10H3/i25D,26D,31D,32D,33D,34D,35D,36D,37D,38D,39D,40D. The van der Waals surface area contributed by atoms with Crippen molar-refractivity contribution in [3.63, 3.8) is 0 Å². The number of rotatable bonds is 8. The van der Waals surface area contributed by atoms with E-state index in [0.29, 0.717) is 44.6 Å². The van der Waals surface area contributed by atoms with Crippen molar-refractivity contribution in [1.82, 2.24) is 8.80 Å². The Hall–Kier alpha value is -7.82. The smallest absolute Gasteiger partial charge is 0.0653 e. The van der Waals surface area contributed by atoms with Gasteiger partial charge in [0.25, 0.3) is 0 Å². The summed E-state index contributed by atoms with van der Waals surface area (Å²) in [6.07, 6.45) is 0. The van der Waals surface area contributed by atoms with Crippen LogP contribution < -0.4 is 9.80 Å². The fraction of sp³-hybridized carbons (Fsp3) is 0.206. The summed E-state index contributed by atoms with van der Waals surface area (Å²) in [4.78, 5) is 3.78. The lowest BCUT2D eigenvalue weighted by Crippen LogP contribution is -2.11. The number of anilines is 6. The first-order chi connectivity index (χ1) is 39.7. The zero-order chi connectivity index (χ0) is 60.0. The molecule has 354 valence electrons. The minimum absolute atomic E-state index is 0.0409. The molecule has 0 aliphatic carbocycles. The fourth-order valence-electron chi connectivity index (χ4n) is 10.7.